The number of hydrogen-bond acceptors (Lipinski definition) is 2. The van der Waals surface area contributed by atoms with Crippen molar-refractivity contribution in [3.63, 3.8) is 0 Å². The third-order valence-corrected chi connectivity index (χ3v) is 3.07. The quantitative estimate of drug-likeness (QED) is 0.651. The van der Waals surface area contributed by atoms with Gasteiger partial charge in [0.1, 0.15) is 6.04 Å². The average molecular weight is 256 g/mol. The number of carboxylic acids is 1. The lowest BCUT2D eigenvalue weighted by Gasteiger charge is -2.19. The predicted molar refractivity (Wildman–Crippen MR) is 69.3 cm³/mol. The van der Waals surface area contributed by atoms with E-state index < -0.39 is 12.0 Å². The van der Waals surface area contributed by atoms with E-state index in [4.69, 9.17) is 5.11 Å². The van der Waals surface area contributed by atoms with E-state index in [9.17, 15) is 9.59 Å². The Labute approximate surface area is 108 Å². The summed E-state index contributed by atoms with van der Waals surface area (Å²) in [4.78, 5) is 22.7. The molecule has 0 aromatic carbocycles. The molecule has 1 saturated carbocycles. The summed E-state index contributed by atoms with van der Waals surface area (Å²) in [7, 11) is 0. The second-order valence-corrected chi connectivity index (χ2v) is 5.72. The Morgan fingerprint density at radius 2 is 1.83 bits per heavy atom. The van der Waals surface area contributed by atoms with Crippen LogP contribution >= 0.6 is 0 Å². The standard InChI is InChI=1S/C13H24N2O3/c1-8(2)6-11(12(16)17)15-13(18)14-9(3)7-10-4-5-10/h8-11H,4-7H2,1-3H3,(H,16,17)(H2,14,15,18). The van der Waals surface area contributed by atoms with Gasteiger partial charge in [0, 0.05) is 6.04 Å². The molecule has 1 aliphatic rings. The Hall–Kier alpha value is -1.26. The zero-order chi connectivity index (χ0) is 13.7. The number of nitrogens with one attached hydrogen (secondary N) is 2. The average Bonchev–Trinajstić information content (AvgIpc) is 2.99. The third kappa shape index (κ3) is 5.89. The normalized spacial score (nSPS) is 18.2. The van der Waals surface area contributed by atoms with Crippen LogP contribution in [-0.2, 0) is 4.79 Å². The molecule has 3 N–H and O–H groups in total. The number of amides is 2. The van der Waals surface area contributed by atoms with Crippen LogP contribution < -0.4 is 10.6 Å². The fraction of sp³-hybridized carbons (Fsp3) is 0.846. The van der Waals surface area contributed by atoms with E-state index in [2.05, 4.69) is 10.6 Å². The van der Waals surface area contributed by atoms with E-state index in [1.54, 1.807) is 0 Å². The maximum atomic E-state index is 11.7. The Balaban J connectivity index is 2.32. The minimum atomic E-state index is -0.978. The highest BCUT2D eigenvalue weighted by Crippen LogP contribution is 2.33. The van der Waals surface area contributed by atoms with E-state index in [0.29, 0.717) is 6.42 Å². The van der Waals surface area contributed by atoms with Crippen LogP contribution in [0.25, 0.3) is 0 Å². The SMILES string of the molecule is CC(C)CC(NC(=O)NC(C)CC1CC1)C(=O)O. The first-order chi connectivity index (χ1) is 8.38. The van der Waals surface area contributed by atoms with Crippen LogP contribution in [-0.4, -0.2) is 29.2 Å². The van der Waals surface area contributed by atoms with Crippen LogP contribution in [0, 0.1) is 11.8 Å². The molecule has 104 valence electrons. The summed E-state index contributed by atoms with van der Waals surface area (Å²) in [5.41, 5.74) is 0. The number of carbonyl (C=O) groups excluding carboxylic acids is 1. The molecule has 2 amide bonds. The minimum absolute atomic E-state index is 0.103. The van der Waals surface area contributed by atoms with Crippen LogP contribution in [0.4, 0.5) is 4.79 Å². The molecule has 1 fully saturated rings. The number of aliphatic carboxylic acids is 1. The van der Waals surface area contributed by atoms with Crippen molar-refractivity contribution in [2.45, 2.75) is 58.5 Å². The molecular weight excluding hydrogens is 232 g/mol. The van der Waals surface area contributed by atoms with Gasteiger partial charge in [0.25, 0.3) is 0 Å². The smallest absolute Gasteiger partial charge is 0.326 e. The maximum absolute atomic E-state index is 11.7. The number of urea groups is 1. The fourth-order valence-corrected chi connectivity index (χ4v) is 2.03. The first-order valence-corrected chi connectivity index (χ1v) is 6.68. The molecular formula is C13H24N2O3. The van der Waals surface area contributed by atoms with E-state index >= 15 is 0 Å². The zero-order valence-electron chi connectivity index (χ0n) is 11.4. The second-order valence-electron chi connectivity index (χ2n) is 5.72. The van der Waals surface area contributed by atoms with Gasteiger partial charge in [0.2, 0.25) is 0 Å². The molecule has 2 atom stereocenters. The van der Waals surface area contributed by atoms with Crippen molar-refractivity contribution in [2.75, 3.05) is 0 Å². The van der Waals surface area contributed by atoms with Crippen LogP contribution in [0.2, 0.25) is 0 Å². The topological polar surface area (TPSA) is 78.4 Å². The molecule has 0 radical (unpaired) electrons. The molecule has 0 bridgehead atoms. The van der Waals surface area contributed by atoms with Gasteiger partial charge in [0.15, 0.2) is 0 Å². The van der Waals surface area contributed by atoms with Gasteiger partial charge >= 0.3 is 12.0 Å². The molecule has 18 heavy (non-hydrogen) atoms. The third-order valence-electron chi connectivity index (χ3n) is 3.07. The zero-order valence-corrected chi connectivity index (χ0v) is 11.4. The van der Waals surface area contributed by atoms with E-state index in [-0.39, 0.29) is 18.0 Å². The van der Waals surface area contributed by atoms with Crippen molar-refractivity contribution < 1.29 is 14.7 Å². The van der Waals surface area contributed by atoms with Crippen molar-refractivity contribution >= 4 is 12.0 Å². The van der Waals surface area contributed by atoms with Crippen LogP contribution in [0.5, 0.6) is 0 Å². The molecule has 5 heteroatoms. The highest BCUT2D eigenvalue weighted by atomic mass is 16.4. The highest BCUT2D eigenvalue weighted by Gasteiger charge is 2.25. The van der Waals surface area contributed by atoms with Gasteiger partial charge in [-0.2, -0.15) is 0 Å². The molecule has 0 spiro atoms. The van der Waals surface area contributed by atoms with Gasteiger partial charge in [-0.15, -0.1) is 0 Å². The van der Waals surface area contributed by atoms with Crippen molar-refractivity contribution in [3.05, 3.63) is 0 Å². The highest BCUT2D eigenvalue weighted by molar-refractivity contribution is 5.82. The lowest BCUT2D eigenvalue weighted by Crippen LogP contribution is -2.48. The summed E-state index contributed by atoms with van der Waals surface area (Å²) >= 11 is 0. The molecule has 0 aromatic rings. The van der Waals surface area contributed by atoms with Gasteiger partial charge in [-0.3, -0.25) is 0 Å². The first-order valence-electron chi connectivity index (χ1n) is 6.68. The Kier molecular flexibility index (Phi) is 5.44. The number of hydrogen-bond donors (Lipinski definition) is 3. The number of rotatable bonds is 7. The lowest BCUT2D eigenvalue weighted by atomic mass is 10.0. The summed E-state index contributed by atoms with van der Waals surface area (Å²) in [5, 5.41) is 14.3. The maximum Gasteiger partial charge on any atom is 0.326 e. The van der Waals surface area contributed by atoms with Crippen molar-refractivity contribution in [1.82, 2.24) is 10.6 Å². The summed E-state index contributed by atoms with van der Waals surface area (Å²) in [5.74, 6) is -0.00443. The molecule has 2 unspecified atom stereocenters. The van der Waals surface area contributed by atoms with Gasteiger partial charge in [-0.25, -0.2) is 9.59 Å². The van der Waals surface area contributed by atoms with Gasteiger partial charge < -0.3 is 15.7 Å². The minimum Gasteiger partial charge on any atom is -0.480 e. The molecule has 5 nitrogen and oxygen atoms in total. The Morgan fingerprint density at radius 1 is 1.22 bits per heavy atom. The van der Waals surface area contributed by atoms with Crippen molar-refractivity contribution in [1.29, 1.82) is 0 Å². The lowest BCUT2D eigenvalue weighted by molar-refractivity contribution is -0.139. The monoisotopic (exact) mass is 256 g/mol. The molecule has 1 rings (SSSR count). The molecule has 0 aliphatic heterocycles. The summed E-state index contributed by atoms with van der Waals surface area (Å²) in [6.07, 6.45) is 3.92. The Morgan fingerprint density at radius 3 is 2.28 bits per heavy atom. The van der Waals surface area contributed by atoms with E-state index in [0.717, 1.165) is 12.3 Å². The van der Waals surface area contributed by atoms with Gasteiger partial charge in [-0.1, -0.05) is 26.7 Å². The fourth-order valence-electron chi connectivity index (χ4n) is 2.03. The summed E-state index contributed by atoms with van der Waals surface area (Å²) < 4.78 is 0. The Bertz CT molecular complexity index is 301. The van der Waals surface area contributed by atoms with E-state index in [1.807, 2.05) is 20.8 Å². The summed E-state index contributed by atoms with van der Waals surface area (Å²) in [6.45, 7) is 5.83. The summed E-state index contributed by atoms with van der Waals surface area (Å²) in [6, 6.07) is -1.08. The molecule has 0 saturated heterocycles. The van der Waals surface area contributed by atoms with Crippen LogP contribution in [0.3, 0.4) is 0 Å². The van der Waals surface area contributed by atoms with Crippen molar-refractivity contribution in [2.24, 2.45) is 11.8 Å². The van der Waals surface area contributed by atoms with Gasteiger partial charge in [0.05, 0.1) is 0 Å². The van der Waals surface area contributed by atoms with Crippen LogP contribution in [0.15, 0.2) is 0 Å². The van der Waals surface area contributed by atoms with E-state index in [1.165, 1.54) is 12.8 Å². The largest absolute Gasteiger partial charge is 0.480 e. The molecule has 0 aromatic heterocycles. The van der Waals surface area contributed by atoms with Crippen LogP contribution in [0.1, 0.15) is 46.5 Å². The number of carboxylic acid groups (broad SMARTS) is 1. The second kappa shape index (κ2) is 6.61. The molecule has 1 aliphatic carbocycles. The van der Waals surface area contributed by atoms with Gasteiger partial charge in [-0.05, 0) is 31.6 Å². The van der Waals surface area contributed by atoms with Crippen molar-refractivity contribution in [3.8, 4) is 0 Å². The number of carbonyl (C=O) groups is 2. The predicted octanol–water partition coefficient (Wildman–Crippen LogP) is 1.97. The first kappa shape index (κ1) is 14.8. The molecule has 0 heterocycles.